The Morgan fingerprint density at radius 1 is 0.950 bits per heavy atom. The first-order valence-electron chi connectivity index (χ1n) is 14.5. The summed E-state index contributed by atoms with van der Waals surface area (Å²) < 4.78 is 0. The molecule has 218 valence electrons. The Labute approximate surface area is 244 Å². The van der Waals surface area contributed by atoms with Gasteiger partial charge in [-0.15, -0.1) is 0 Å². The first kappa shape index (κ1) is 31.6. The molecule has 3 rings (SSSR count). The minimum atomic E-state index is -0.745. The maximum absolute atomic E-state index is 13.5. The van der Waals surface area contributed by atoms with Crippen LogP contribution >= 0.6 is 11.6 Å². The topological polar surface area (TPSA) is 90.5 Å². The predicted molar refractivity (Wildman–Crippen MR) is 161 cm³/mol. The summed E-state index contributed by atoms with van der Waals surface area (Å²) in [5.74, 6) is -0.468. The molecule has 0 saturated heterocycles. The molecule has 0 heterocycles. The second-order valence-corrected chi connectivity index (χ2v) is 12.1. The van der Waals surface area contributed by atoms with E-state index in [1.807, 2.05) is 65.2 Å². The van der Waals surface area contributed by atoms with Crippen LogP contribution in [0.4, 0.5) is 0 Å². The largest absolute Gasteiger partial charge is 0.351 e. The summed E-state index contributed by atoms with van der Waals surface area (Å²) in [5, 5.41) is 9.74. The van der Waals surface area contributed by atoms with Gasteiger partial charge < -0.3 is 20.9 Å². The fraction of sp³-hybridized carbons (Fsp3) is 0.531. The molecule has 1 unspecified atom stereocenters. The zero-order valence-corrected chi connectivity index (χ0v) is 25.3. The molecule has 8 heteroatoms. The summed E-state index contributed by atoms with van der Waals surface area (Å²) in [6.45, 7) is 6.68. The van der Waals surface area contributed by atoms with Crippen LogP contribution in [0.25, 0.3) is 0 Å². The van der Waals surface area contributed by atoms with Crippen molar-refractivity contribution in [1.82, 2.24) is 20.9 Å². The highest BCUT2D eigenvalue weighted by Crippen LogP contribution is 2.34. The molecule has 40 heavy (non-hydrogen) atoms. The summed E-state index contributed by atoms with van der Waals surface area (Å²) in [7, 11) is 3.98. The van der Waals surface area contributed by atoms with E-state index in [1.54, 1.807) is 12.1 Å². The number of hydrogen-bond acceptors (Lipinski definition) is 4. The molecule has 0 aliphatic heterocycles. The van der Waals surface area contributed by atoms with E-state index in [-0.39, 0.29) is 35.6 Å². The Kier molecular flexibility index (Phi) is 12.0. The van der Waals surface area contributed by atoms with E-state index < -0.39 is 12.1 Å². The zero-order valence-electron chi connectivity index (χ0n) is 24.5. The minimum absolute atomic E-state index is 0.0246. The standard InChI is InChI=1S/C32H45ClN4O3/c1-6-27(34-30(38)23-16-14-22(15-17-23)20-37(4)5)31(39)36-29(18-21(2)3)32(40)35-28-13-8-7-12-26(28)24-10-9-11-25(33)19-24/h9-11,14-17,19,21,26-29H,6-8,12-13,18,20H2,1-5H3,(H,34,38)(H,35,40)(H,36,39)/t26-,27-,28?,29-/m0/s1. The highest BCUT2D eigenvalue weighted by molar-refractivity contribution is 6.30. The van der Waals surface area contributed by atoms with Crippen molar-refractivity contribution in [2.75, 3.05) is 14.1 Å². The van der Waals surface area contributed by atoms with Crippen LogP contribution in [0.3, 0.4) is 0 Å². The lowest BCUT2D eigenvalue weighted by molar-refractivity contribution is -0.131. The number of halogens is 1. The van der Waals surface area contributed by atoms with E-state index in [0.717, 1.165) is 43.4 Å². The zero-order chi connectivity index (χ0) is 29.2. The molecule has 3 N–H and O–H groups in total. The molecule has 0 radical (unpaired) electrons. The number of carbonyl (C=O) groups excluding carboxylic acids is 3. The van der Waals surface area contributed by atoms with Crippen molar-refractivity contribution in [1.29, 1.82) is 0 Å². The number of nitrogens with one attached hydrogen (secondary N) is 3. The van der Waals surface area contributed by atoms with E-state index in [1.165, 1.54) is 0 Å². The average Bonchev–Trinajstić information content (AvgIpc) is 2.91. The molecule has 2 aromatic rings. The Balaban J connectivity index is 1.66. The summed E-state index contributed by atoms with van der Waals surface area (Å²) in [5.41, 5.74) is 2.73. The Hall–Kier alpha value is -2.90. The van der Waals surface area contributed by atoms with Gasteiger partial charge in [0.25, 0.3) is 5.91 Å². The number of benzene rings is 2. The molecule has 4 atom stereocenters. The highest BCUT2D eigenvalue weighted by Gasteiger charge is 2.32. The van der Waals surface area contributed by atoms with Gasteiger partial charge >= 0.3 is 0 Å². The summed E-state index contributed by atoms with van der Waals surface area (Å²) >= 11 is 6.26. The van der Waals surface area contributed by atoms with Crippen LogP contribution in [0.15, 0.2) is 48.5 Å². The normalized spacial score (nSPS) is 18.7. The first-order chi connectivity index (χ1) is 19.1. The fourth-order valence-electron chi connectivity index (χ4n) is 5.42. The van der Waals surface area contributed by atoms with Gasteiger partial charge in [0, 0.05) is 29.1 Å². The molecule has 3 amide bonds. The lowest BCUT2D eigenvalue weighted by Crippen LogP contribution is -2.55. The quantitative estimate of drug-likeness (QED) is 0.325. The predicted octanol–water partition coefficient (Wildman–Crippen LogP) is 5.28. The molecule has 7 nitrogen and oxygen atoms in total. The first-order valence-corrected chi connectivity index (χ1v) is 14.9. The van der Waals surface area contributed by atoms with Gasteiger partial charge in [-0.25, -0.2) is 0 Å². The summed E-state index contributed by atoms with van der Waals surface area (Å²) in [6.07, 6.45) is 4.92. The smallest absolute Gasteiger partial charge is 0.251 e. The van der Waals surface area contributed by atoms with E-state index in [9.17, 15) is 14.4 Å². The third-order valence-corrected chi connectivity index (χ3v) is 7.69. The second kappa shape index (κ2) is 15.2. The van der Waals surface area contributed by atoms with Crippen molar-refractivity contribution in [2.45, 2.75) is 89.9 Å². The molecular weight excluding hydrogens is 524 g/mol. The number of hydrogen-bond donors (Lipinski definition) is 3. The van der Waals surface area contributed by atoms with E-state index in [0.29, 0.717) is 23.4 Å². The van der Waals surface area contributed by atoms with E-state index in [4.69, 9.17) is 11.6 Å². The summed E-state index contributed by atoms with van der Waals surface area (Å²) in [6, 6.07) is 13.8. The maximum atomic E-state index is 13.5. The van der Waals surface area contributed by atoms with Gasteiger partial charge in [-0.2, -0.15) is 0 Å². The monoisotopic (exact) mass is 568 g/mol. The van der Waals surface area contributed by atoms with Crippen LogP contribution in [0, 0.1) is 5.92 Å². The van der Waals surface area contributed by atoms with Crippen LogP contribution in [0.1, 0.15) is 86.7 Å². The third kappa shape index (κ3) is 9.34. The van der Waals surface area contributed by atoms with Gasteiger partial charge in [0.15, 0.2) is 0 Å². The van der Waals surface area contributed by atoms with Crippen LogP contribution < -0.4 is 16.0 Å². The van der Waals surface area contributed by atoms with Crippen LogP contribution in [0.5, 0.6) is 0 Å². The van der Waals surface area contributed by atoms with Crippen molar-refractivity contribution in [3.8, 4) is 0 Å². The molecule has 0 bridgehead atoms. The Morgan fingerprint density at radius 2 is 1.65 bits per heavy atom. The molecule has 1 fully saturated rings. The maximum Gasteiger partial charge on any atom is 0.251 e. The van der Waals surface area contributed by atoms with Gasteiger partial charge in [-0.1, -0.05) is 69.5 Å². The lowest BCUT2D eigenvalue weighted by atomic mass is 9.80. The van der Waals surface area contributed by atoms with Gasteiger partial charge in [0.2, 0.25) is 11.8 Å². The SMILES string of the molecule is CC[C@H](NC(=O)c1ccc(CN(C)C)cc1)C(=O)N[C@@H](CC(C)C)C(=O)NC1CCCC[C@H]1c1cccc(Cl)c1. The van der Waals surface area contributed by atoms with Gasteiger partial charge in [0.1, 0.15) is 12.1 Å². The third-order valence-electron chi connectivity index (χ3n) is 7.46. The highest BCUT2D eigenvalue weighted by atomic mass is 35.5. The van der Waals surface area contributed by atoms with Gasteiger partial charge in [-0.3, -0.25) is 14.4 Å². The Morgan fingerprint density at radius 3 is 2.27 bits per heavy atom. The van der Waals surface area contributed by atoms with Gasteiger partial charge in [-0.05, 0) is 81.1 Å². The molecule has 1 saturated carbocycles. The van der Waals surface area contributed by atoms with Crippen LogP contribution in [-0.2, 0) is 16.1 Å². The van der Waals surface area contributed by atoms with Gasteiger partial charge in [0.05, 0.1) is 0 Å². The minimum Gasteiger partial charge on any atom is -0.351 e. The molecule has 1 aliphatic rings. The molecular formula is C32H45ClN4O3. The number of rotatable bonds is 12. The van der Waals surface area contributed by atoms with Crippen molar-refractivity contribution in [3.05, 3.63) is 70.2 Å². The average molecular weight is 569 g/mol. The van der Waals surface area contributed by atoms with Crippen molar-refractivity contribution < 1.29 is 14.4 Å². The van der Waals surface area contributed by atoms with E-state index in [2.05, 4.69) is 26.9 Å². The number of amides is 3. The van der Waals surface area contributed by atoms with E-state index >= 15 is 0 Å². The van der Waals surface area contributed by atoms with Crippen molar-refractivity contribution in [3.63, 3.8) is 0 Å². The lowest BCUT2D eigenvalue weighted by Gasteiger charge is -2.34. The van der Waals surface area contributed by atoms with Crippen LogP contribution in [-0.4, -0.2) is 54.8 Å². The van der Waals surface area contributed by atoms with Crippen LogP contribution in [0.2, 0.25) is 5.02 Å². The molecule has 0 spiro atoms. The molecule has 1 aliphatic carbocycles. The molecule has 0 aromatic heterocycles. The second-order valence-electron chi connectivity index (χ2n) is 11.6. The Bertz CT molecular complexity index is 1140. The number of carbonyl (C=O) groups is 3. The fourth-order valence-corrected chi connectivity index (χ4v) is 5.62. The van der Waals surface area contributed by atoms with Crippen molar-refractivity contribution >= 4 is 29.3 Å². The van der Waals surface area contributed by atoms with Crippen molar-refractivity contribution in [2.24, 2.45) is 5.92 Å². The summed E-state index contributed by atoms with van der Waals surface area (Å²) in [4.78, 5) is 41.8. The molecule has 2 aromatic carbocycles. The number of nitrogens with zero attached hydrogens (tertiary/aromatic N) is 1.